The molecular formula is C12H16O7S. The van der Waals surface area contributed by atoms with Crippen LogP contribution in [0.5, 0.6) is 5.75 Å². The van der Waals surface area contributed by atoms with Crippen LogP contribution < -0.4 is 4.74 Å². The van der Waals surface area contributed by atoms with E-state index < -0.39 is 27.9 Å². The number of para-hydroxylation sites is 1. The molecule has 2 N–H and O–H groups in total. The Kier molecular flexibility index (Phi) is 6.43. The fourth-order valence-electron chi connectivity index (χ4n) is 1.40. The van der Waals surface area contributed by atoms with Gasteiger partial charge in [-0.2, -0.15) is 8.42 Å². The highest BCUT2D eigenvalue weighted by Crippen LogP contribution is 2.08. The first-order valence-corrected chi connectivity index (χ1v) is 7.47. The molecule has 20 heavy (non-hydrogen) atoms. The van der Waals surface area contributed by atoms with Gasteiger partial charge in [0.25, 0.3) is 10.1 Å². The highest BCUT2D eigenvalue weighted by atomic mass is 32.2. The summed E-state index contributed by atoms with van der Waals surface area (Å²) >= 11 is 0. The van der Waals surface area contributed by atoms with Crippen molar-refractivity contribution in [3.63, 3.8) is 0 Å². The molecule has 112 valence electrons. The van der Waals surface area contributed by atoms with Crippen LogP contribution in [-0.4, -0.2) is 49.1 Å². The van der Waals surface area contributed by atoms with Crippen molar-refractivity contribution in [2.75, 3.05) is 19.0 Å². The van der Waals surface area contributed by atoms with Crippen molar-refractivity contribution in [2.45, 2.75) is 12.5 Å². The predicted molar refractivity (Wildman–Crippen MR) is 70.3 cm³/mol. The summed E-state index contributed by atoms with van der Waals surface area (Å²) in [6, 6.07) is 8.91. The van der Waals surface area contributed by atoms with E-state index in [1.807, 2.05) is 6.07 Å². The molecule has 0 spiro atoms. The van der Waals surface area contributed by atoms with Gasteiger partial charge in [0.2, 0.25) is 0 Å². The number of hydrogen-bond acceptors (Lipinski definition) is 5. The fourth-order valence-corrected chi connectivity index (χ4v) is 1.91. The summed E-state index contributed by atoms with van der Waals surface area (Å²) in [5, 5.41) is 8.84. The zero-order valence-electron chi connectivity index (χ0n) is 10.6. The summed E-state index contributed by atoms with van der Waals surface area (Å²) in [6.45, 7) is 0.136. The van der Waals surface area contributed by atoms with E-state index in [0.717, 1.165) is 0 Å². The third-order valence-electron chi connectivity index (χ3n) is 2.33. The van der Waals surface area contributed by atoms with Gasteiger partial charge < -0.3 is 14.6 Å². The van der Waals surface area contributed by atoms with E-state index in [0.29, 0.717) is 5.75 Å². The average molecular weight is 304 g/mol. The number of hydrogen-bond donors (Lipinski definition) is 2. The van der Waals surface area contributed by atoms with Gasteiger partial charge in [0.05, 0.1) is 12.4 Å². The van der Waals surface area contributed by atoms with Crippen LogP contribution in [-0.2, 0) is 19.6 Å². The predicted octanol–water partition coefficient (Wildman–Crippen LogP) is 0.813. The van der Waals surface area contributed by atoms with Crippen molar-refractivity contribution in [3.8, 4) is 5.75 Å². The van der Waals surface area contributed by atoms with Crippen LogP contribution in [0.15, 0.2) is 30.3 Å². The molecule has 0 aromatic heterocycles. The molecule has 1 unspecified atom stereocenters. The van der Waals surface area contributed by atoms with E-state index in [1.54, 1.807) is 24.3 Å². The van der Waals surface area contributed by atoms with Crippen molar-refractivity contribution < 1.29 is 32.3 Å². The number of ether oxygens (including phenoxy) is 2. The number of benzene rings is 1. The normalized spacial score (nSPS) is 12.8. The van der Waals surface area contributed by atoms with Crippen molar-refractivity contribution in [1.82, 2.24) is 0 Å². The summed E-state index contributed by atoms with van der Waals surface area (Å²) in [4.78, 5) is 10.8. The van der Waals surface area contributed by atoms with Crippen molar-refractivity contribution in [1.29, 1.82) is 0 Å². The Morgan fingerprint density at radius 2 is 1.85 bits per heavy atom. The maximum atomic E-state index is 10.8. The lowest BCUT2D eigenvalue weighted by Crippen LogP contribution is -2.28. The number of carbonyl (C=O) groups is 1. The minimum atomic E-state index is -4.20. The molecular weight excluding hydrogens is 288 g/mol. The Hall–Kier alpha value is -1.64. The van der Waals surface area contributed by atoms with E-state index in [1.165, 1.54) is 0 Å². The molecule has 0 amide bonds. The zero-order chi connectivity index (χ0) is 15.0. The lowest BCUT2D eigenvalue weighted by Gasteiger charge is -2.13. The SMILES string of the molecule is O=C(O)C(CCS(=O)(=O)O)OCCOc1ccccc1. The topological polar surface area (TPSA) is 110 Å². The molecule has 0 saturated heterocycles. The monoisotopic (exact) mass is 304 g/mol. The van der Waals surface area contributed by atoms with E-state index >= 15 is 0 Å². The molecule has 1 atom stereocenters. The maximum Gasteiger partial charge on any atom is 0.332 e. The second-order valence-corrected chi connectivity index (χ2v) is 5.51. The van der Waals surface area contributed by atoms with Crippen LogP contribution in [0.1, 0.15) is 6.42 Å². The molecule has 8 heteroatoms. The van der Waals surface area contributed by atoms with Crippen LogP contribution in [0.4, 0.5) is 0 Å². The molecule has 1 aromatic carbocycles. The van der Waals surface area contributed by atoms with E-state index in [9.17, 15) is 13.2 Å². The largest absolute Gasteiger partial charge is 0.491 e. The Labute approximate surface area is 116 Å². The van der Waals surface area contributed by atoms with Gasteiger partial charge in [0.15, 0.2) is 6.10 Å². The number of carboxylic acids is 1. The summed E-state index contributed by atoms with van der Waals surface area (Å²) in [6.07, 6.45) is -1.62. The number of aliphatic carboxylic acids is 1. The summed E-state index contributed by atoms with van der Waals surface area (Å²) in [5.41, 5.74) is 0. The van der Waals surface area contributed by atoms with Gasteiger partial charge >= 0.3 is 5.97 Å². The Morgan fingerprint density at radius 1 is 1.20 bits per heavy atom. The summed E-state index contributed by atoms with van der Waals surface area (Å²) in [7, 11) is -4.20. The summed E-state index contributed by atoms with van der Waals surface area (Å²) < 4.78 is 40.0. The second kappa shape index (κ2) is 7.83. The Morgan fingerprint density at radius 3 is 2.40 bits per heavy atom. The minimum absolute atomic E-state index is 0.00264. The molecule has 0 fully saturated rings. The van der Waals surface area contributed by atoms with Crippen LogP contribution >= 0.6 is 0 Å². The van der Waals surface area contributed by atoms with Crippen LogP contribution in [0.25, 0.3) is 0 Å². The lowest BCUT2D eigenvalue weighted by molar-refractivity contribution is -0.150. The first-order valence-electron chi connectivity index (χ1n) is 5.86. The third-order valence-corrected chi connectivity index (χ3v) is 3.08. The highest BCUT2D eigenvalue weighted by molar-refractivity contribution is 7.85. The zero-order valence-corrected chi connectivity index (χ0v) is 11.5. The van der Waals surface area contributed by atoms with Gasteiger partial charge in [-0.15, -0.1) is 0 Å². The molecule has 0 heterocycles. The van der Waals surface area contributed by atoms with E-state index in [4.69, 9.17) is 19.1 Å². The average Bonchev–Trinajstić information content (AvgIpc) is 2.37. The van der Waals surface area contributed by atoms with Gasteiger partial charge in [-0.3, -0.25) is 4.55 Å². The van der Waals surface area contributed by atoms with E-state index in [2.05, 4.69) is 0 Å². The molecule has 1 aromatic rings. The molecule has 0 bridgehead atoms. The van der Waals surface area contributed by atoms with Crippen LogP contribution in [0.2, 0.25) is 0 Å². The Bertz CT molecular complexity index is 512. The second-order valence-electron chi connectivity index (χ2n) is 3.93. The van der Waals surface area contributed by atoms with Gasteiger partial charge in [-0.05, 0) is 12.1 Å². The highest BCUT2D eigenvalue weighted by Gasteiger charge is 2.20. The van der Waals surface area contributed by atoms with Crippen molar-refractivity contribution >= 4 is 16.1 Å². The van der Waals surface area contributed by atoms with Gasteiger partial charge in [0.1, 0.15) is 12.4 Å². The maximum absolute atomic E-state index is 10.8. The molecule has 0 aliphatic heterocycles. The standard InChI is InChI=1S/C12H16O7S/c13-12(14)11(6-9-20(15,16)17)19-8-7-18-10-4-2-1-3-5-10/h1-5,11H,6-9H2,(H,13,14)(H,15,16,17). The van der Waals surface area contributed by atoms with Crippen molar-refractivity contribution in [2.24, 2.45) is 0 Å². The van der Waals surface area contributed by atoms with Gasteiger partial charge in [-0.25, -0.2) is 4.79 Å². The molecule has 0 aliphatic carbocycles. The fraction of sp³-hybridized carbons (Fsp3) is 0.417. The lowest BCUT2D eigenvalue weighted by atomic mass is 10.3. The number of carboxylic acid groups (broad SMARTS) is 1. The molecule has 0 radical (unpaired) electrons. The van der Waals surface area contributed by atoms with Crippen LogP contribution in [0.3, 0.4) is 0 Å². The first kappa shape index (κ1) is 16.4. The first-order chi connectivity index (χ1) is 9.38. The molecule has 0 aliphatic rings. The van der Waals surface area contributed by atoms with Crippen molar-refractivity contribution in [3.05, 3.63) is 30.3 Å². The molecule has 0 saturated carbocycles. The molecule has 1 rings (SSSR count). The van der Waals surface area contributed by atoms with E-state index in [-0.39, 0.29) is 19.6 Å². The smallest absolute Gasteiger partial charge is 0.332 e. The van der Waals surface area contributed by atoms with Crippen LogP contribution in [0, 0.1) is 0 Å². The van der Waals surface area contributed by atoms with Gasteiger partial charge in [-0.1, -0.05) is 18.2 Å². The Balaban J connectivity index is 2.31. The molecule has 7 nitrogen and oxygen atoms in total. The van der Waals surface area contributed by atoms with Gasteiger partial charge in [0, 0.05) is 6.42 Å². The number of rotatable bonds is 9. The summed E-state index contributed by atoms with van der Waals surface area (Å²) in [5.74, 6) is -1.32. The minimum Gasteiger partial charge on any atom is -0.491 e. The quantitative estimate of drug-likeness (QED) is 0.513. The third kappa shape index (κ3) is 7.07.